The van der Waals surface area contributed by atoms with Crippen molar-refractivity contribution >= 4 is 12.4 Å². The summed E-state index contributed by atoms with van der Waals surface area (Å²) in [4.78, 5) is 22.9. The fraction of sp³-hybridized carbons (Fsp3) is 0.778. The van der Waals surface area contributed by atoms with Crippen molar-refractivity contribution in [1.29, 1.82) is 0 Å². The number of hydrogen-bond acceptors (Lipinski definition) is 3. The number of aliphatic carboxylic acids is 1. The minimum Gasteiger partial charge on any atom is -0.479 e. The molecule has 1 N–H and O–H groups in total. The Kier molecular flexibility index (Phi) is 5.15. The molecular formula is C9H17NO4. The minimum absolute atomic E-state index is 0.00537. The van der Waals surface area contributed by atoms with E-state index in [2.05, 4.69) is 0 Å². The quantitative estimate of drug-likeness (QED) is 0.606. The number of carboxylic acids is 1. The number of nitrogens with zero attached hydrogens (tertiary/aromatic N) is 1. The second kappa shape index (κ2) is 5.59. The van der Waals surface area contributed by atoms with Crippen LogP contribution in [0, 0.1) is 0 Å². The summed E-state index contributed by atoms with van der Waals surface area (Å²) in [5.74, 6) is -1.06. The highest BCUT2D eigenvalue weighted by molar-refractivity contribution is 5.81. The number of carbonyl (C=O) groups is 2. The van der Waals surface area contributed by atoms with Gasteiger partial charge in [0.2, 0.25) is 6.41 Å². The van der Waals surface area contributed by atoms with Crippen LogP contribution >= 0.6 is 0 Å². The maximum Gasteiger partial charge on any atom is 0.331 e. The van der Waals surface area contributed by atoms with E-state index >= 15 is 0 Å². The fourth-order valence-electron chi connectivity index (χ4n) is 1.11. The number of carboxylic acid groups (broad SMARTS) is 1. The highest BCUT2D eigenvalue weighted by Gasteiger charge is 2.38. The number of likely N-dealkylation sites (N-methyl/N-ethyl adjacent to an activating group) is 1. The average Bonchev–Trinajstić information content (AvgIpc) is 2.16. The van der Waals surface area contributed by atoms with Crippen LogP contribution in [0.4, 0.5) is 0 Å². The van der Waals surface area contributed by atoms with Gasteiger partial charge in [-0.1, -0.05) is 0 Å². The third-order valence-electron chi connectivity index (χ3n) is 2.15. The monoisotopic (exact) mass is 203 g/mol. The van der Waals surface area contributed by atoms with Crippen molar-refractivity contribution in [2.24, 2.45) is 0 Å². The van der Waals surface area contributed by atoms with E-state index in [1.165, 1.54) is 11.8 Å². The molecule has 1 atom stereocenters. The van der Waals surface area contributed by atoms with Crippen molar-refractivity contribution in [2.75, 3.05) is 19.8 Å². The molecule has 0 aliphatic heterocycles. The van der Waals surface area contributed by atoms with Gasteiger partial charge in [0.05, 0.1) is 6.61 Å². The van der Waals surface area contributed by atoms with Gasteiger partial charge in [0.15, 0.2) is 5.54 Å². The lowest BCUT2D eigenvalue weighted by Crippen LogP contribution is -2.55. The molecule has 1 unspecified atom stereocenters. The van der Waals surface area contributed by atoms with Crippen molar-refractivity contribution in [3.63, 3.8) is 0 Å². The predicted octanol–water partition coefficient (Wildman–Crippen LogP) is 0.344. The number of ether oxygens (including phenoxy) is 1. The first kappa shape index (κ1) is 12.9. The van der Waals surface area contributed by atoms with Crippen LogP contribution in [-0.2, 0) is 14.3 Å². The molecule has 0 bridgehead atoms. The predicted molar refractivity (Wildman–Crippen MR) is 51.0 cm³/mol. The van der Waals surface area contributed by atoms with Gasteiger partial charge >= 0.3 is 5.97 Å². The molecule has 5 nitrogen and oxygen atoms in total. The van der Waals surface area contributed by atoms with Crippen LogP contribution in [0.2, 0.25) is 0 Å². The fourth-order valence-corrected chi connectivity index (χ4v) is 1.11. The van der Waals surface area contributed by atoms with Crippen molar-refractivity contribution in [3.05, 3.63) is 0 Å². The van der Waals surface area contributed by atoms with Gasteiger partial charge in [-0.15, -0.1) is 0 Å². The van der Waals surface area contributed by atoms with Gasteiger partial charge in [-0.25, -0.2) is 4.79 Å². The number of hydrogen-bond donors (Lipinski definition) is 1. The van der Waals surface area contributed by atoms with Crippen molar-refractivity contribution < 1.29 is 19.4 Å². The van der Waals surface area contributed by atoms with Crippen LogP contribution in [0.3, 0.4) is 0 Å². The van der Waals surface area contributed by atoms with E-state index in [9.17, 15) is 9.59 Å². The highest BCUT2D eigenvalue weighted by Crippen LogP contribution is 2.14. The van der Waals surface area contributed by atoms with Crippen molar-refractivity contribution in [1.82, 2.24) is 4.90 Å². The van der Waals surface area contributed by atoms with E-state index in [4.69, 9.17) is 9.84 Å². The van der Waals surface area contributed by atoms with Gasteiger partial charge in [0.25, 0.3) is 0 Å². The Balaban J connectivity index is 4.67. The summed E-state index contributed by atoms with van der Waals surface area (Å²) in [7, 11) is 0. The summed E-state index contributed by atoms with van der Waals surface area (Å²) in [5.41, 5.74) is -1.27. The summed E-state index contributed by atoms with van der Waals surface area (Å²) < 4.78 is 5.06. The summed E-state index contributed by atoms with van der Waals surface area (Å²) in [6, 6.07) is 0. The Labute approximate surface area is 83.6 Å². The maximum atomic E-state index is 11.0. The molecule has 0 saturated carbocycles. The number of rotatable bonds is 7. The van der Waals surface area contributed by atoms with Crippen LogP contribution in [0.1, 0.15) is 20.8 Å². The first-order valence-corrected chi connectivity index (χ1v) is 4.56. The molecule has 0 heterocycles. The third-order valence-corrected chi connectivity index (χ3v) is 2.15. The second-order valence-electron chi connectivity index (χ2n) is 3.11. The zero-order chi connectivity index (χ0) is 11.2. The van der Waals surface area contributed by atoms with Crippen molar-refractivity contribution in [3.8, 4) is 0 Å². The average molecular weight is 203 g/mol. The molecule has 0 aliphatic rings. The van der Waals surface area contributed by atoms with E-state index in [0.717, 1.165) is 0 Å². The summed E-state index contributed by atoms with van der Waals surface area (Å²) in [6.07, 6.45) is 0.535. The van der Waals surface area contributed by atoms with E-state index in [1.54, 1.807) is 13.8 Å². The van der Waals surface area contributed by atoms with E-state index in [-0.39, 0.29) is 6.61 Å². The summed E-state index contributed by atoms with van der Waals surface area (Å²) in [6.45, 7) is 5.76. The van der Waals surface area contributed by atoms with Gasteiger partial charge < -0.3 is 14.7 Å². The Hall–Kier alpha value is -1.10. The molecule has 1 amide bonds. The summed E-state index contributed by atoms with van der Waals surface area (Å²) in [5, 5.41) is 9.01. The third kappa shape index (κ3) is 2.70. The molecule has 0 spiro atoms. The molecule has 0 saturated heterocycles. The zero-order valence-corrected chi connectivity index (χ0v) is 8.82. The molecule has 82 valence electrons. The largest absolute Gasteiger partial charge is 0.479 e. The molecule has 0 aromatic rings. The number of carbonyl (C=O) groups excluding carboxylic acids is 1. The summed E-state index contributed by atoms with van der Waals surface area (Å²) >= 11 is 0. The molecule has 0 rings (SSSR count). The normalized spacial score (nSPS) is 14.5. The molecular weight excluding hydrogens is 186 g/mol. The van der Waals surface area contributed by atoms with Crippen LogP contribution in [-0.4, -0.2) is 47.7 Å². The molecule has 14 heavy (non-hydrogen) atoms. The van der Waals surface area contributed by atoms with Gasteiger partial charge in [-0.2, -0.15) is 0 Å². The van der Waals surface area contributed by atoms with Gasteiger partial charge in [-0.3, -0.25) is 4.79 Å². The minimum atomic E-state index is -1.27. The molecule has 0 aromatic heterocycles. The van der Waals surface area contributed by atoms with E-state index < -0.39 is 11.5 Å². The van der Waals surface area contributed by atoms with Crippen LogP contribution in [0.25, 0.3) is 0 Å². The lowest BCUT2D eigenvalue weighted by atomic mass is 10.0. The van der Waals surface area contributed by atoms with E-state index in [0.29, 0.717) is 19.6 Å². The first-order chi connectivity index (χ1) is 6.52. The molecule has 0 radical (unpaired) electrons. The maximum absolute atomic E-state index is 11.0. The van der Waals surface area contributed by atoms with Gasteiger partial charge in [0, 0.05) is 13.2 Å². The van der Waals surface area contributed by atoms with Crippen LogP contribution < -0.4 is 0 Å². The Bertz CT molecular complexity index is 207. The Morgan fingerprint density at radius 2 is 2.14 bits per heavy atom. The number of amides is 1. The van der Waals surface area contributed by atoms with E-state index in [1.807, 2.05) is 0 Å². The topological polar surface area (TPSA) is 66.8 Å². The van der Waals surface area contributed by atoms with Gasteiger partial charge in [-0.05, 0) is 20.8 Å². The SMILES string of the molecule is CCOCC(C)(C(=O)O)N(C=O)CC. The molecule has 5 heteroatoms. The Morgan fingerprint density at radius 3 is 2.43 bits per heavy atom. The zero-order valence-electron chi connectivity index (χ0n) is 8.82. The van der Waals surface area contributed by atoms with Crippen LogP contribution in [0.5, 0.6) is 0 Å². The first-order valence-electron chi connectivity index (χ1n) is 4.56. The lowest BCUT2D eigenvalue weighted by Gasteiger charge is -2.33. The van der Waals surface area contributed by atoms with Gasteiger partial charge in [0.1, 0.15) is 0 Å². The van der Waals surface area contributed by atoms with Crippen molar-refractivity contribution in [2.45, 2.75) is 26.3 Å². The molecule has 0 aromatic carbocycles. The standard InChI is InChI=1S/C9H17NO4/c1-4-10(7-11)9(3,8(12)13)6-14-5-2/h7H,4-6H2,1-3H3,(H,12,13). The molecule has 0 fully saturated rings. The van der Waals surface area contributed by atoms with Crippen LogP contribution in [0.15, 0.2) is 0 Å². The second-order valence-corrected chi connectivity index (χ2v) is 3.11. The lowest BCUT2D eigenvalue weighted by molar-refractivity contribution is -0.158. The molecule has 0 aliphatic carbocycles. The highest BCUT2D eigenvalue weighted by atomic mass is 16.5. The smallest absolute Gasteiger partial charge is 0.331 e. The Morgan fingerprint density at radius 1 is 1.57 bits per heavy atom.